The van der Waals surface area contributed by atoms with Gasteiger partial charge in [0.15, 0.2) is 0 Å². The summed E-state index contributed by atoms with van der Waals surface area (Å²) >= 11 is 0. The van der Waals surface area contributed by atoms with Gasteiger partial charge in [0.2, 0.25) is 0 Å². The minimum absolute atomic E-state index is 0.0276. The SMILES string of the molecule is C=CC1CCC(c2ccc(C3=CCC(c4ccc(C5CCC(CC)CC5)cc4)CC3)c(F)c2)CC1. The number of hydrogen-bond acceptors (Lipinski definition) is 0. The van der Waals surface area contributed by atoms with Gasteiger partial charge in [0.25, 0.3) is 0 Å². The van der Waals surface area contributed by atoms with Crippen molar-refractivity contribution in [1.29, 1.82) is 0 Å². The Balaban J connectivity index is 1.19. The van der Waals surface area contributed by atoms with Crippen molar-refractivity contribution < 1.29 is 4.39 Å². The molecule has 3 aliphatic rings. The summed E-state index contributed by atoms with van der Waals surface area (Å²) in [5.41, 5.74) is 6.20. The van der Waals surface area contributed by atoms with Crippen LogP contribution in [-0.4, -0.2) is 0 Å². The number of rotatable bonds is 6. The van der Waals surface area contributed by atoms with Crippen LogP contribution in [0.25, 0.3) is 5.57 Å². The molecule has 0 N–H and O–H groups in total. The van der Waals surface area contributed by atoms with Gasteiger partial charge in [-0.05, 0) is 129 Å². The van der Waals surface area contributed by atoms with E-state index in [2.05, 4.69) is 62.1 Å². The molecule has 0 nitrogen and oxygen atoms in total. The molecule has 0 bridgehead atoms. The van der Waals surface area contributed by atoms with Crippen molar-refractivity contribution in [3.05, 3.63) is 89.3 Å². The van der Waals surface area contributed by atoms with Gasteiger partial charge in [-0.15, -0.1) is 6.58 Å². The highest BCUT2D eigenvalue weighted by atomic mass is 19.1. The van der Waals surface area contributed by atoms with E-state index in [1.54, 1.807) is 0 Å². The van der Waals surface area contributed by atoms with Gasteiger partial charge in [-0.1, -0.05) is 61.9 Å². The second-order valence-electron chi connectivity index (χ2n) is 11.6. The maximum absolute atomic E-state index is 15.2. The monoisotopic (exact) mass is 470 g/mol. The van der Waals surface area contributed by atoms with E-state index in [4.69, 9.17) is 0 Å². The Morgan fingerprint density at radius 3 is 1.94 bits per heavy atom. The lowest BCUT2D eigenvalue weighted by Crippen LogP contribution is -2.13. The first-order valence-electron chi connectivity index (χ1n) is 14.4. The lowest BCUT2D eigenvalue weighted by molar-refractivity contribution is 0.319. The summed E-state index contributed by atoms with van der Waals surface area (Å²) in [5.74, 6) is 3.39. The number of allylic oxidation sites excluding steroid dienone is 3. The number of benzene rings is 2. The average molecular weight is 471 g/mol. The van der Waals surface area contributed by atoms with Crippen molar-refractivity contribution in [2.24, 2.45) is 11.8 Å². The first-order chi connectivity index (χ1) is 17.1. The van der Waals surface area contributed by atoms with Gasteiger partial charge in [-0.25, -0.2) is 4.39 Å². The minimum atomic E-state index is -0.0276. The maximum Gasteiger partial charge on any atom is 0.130 e. The van der Waals surface area contributed by atoms with Crippen LogP contribution in [0.4, 0.5) is 4.39 Å². The third kappa shape index (κ3) is 5.65. The Bertz CT molecular complexity index is 1010. The molecule has 35 heavy (non-hydrogen) atoms. The quantitative estimate of drug-likeness (QED) is 0.368. The van der Waals surface area contributed by atoms with Crippen LogP contribution in [0.3, 0.4) is 0 Å². The zero-order valence-corrected chi connectivity index (χ0v) is 21.7. The molecule has 186 valence electrons. The topological polar surface area (TPSA) is 0 Å². The molecule has 0 saturated heterocycles. The molecular weight excluding hydrogens is 427 g/mol. The molecule has 3 aliphatic carbocycles. The highest BCUT2D eigenvalue weighted by Crippen LogP contribution is 2.41. The Kier molecular flexibility index (Phi) is 7.91. The molecule has 2 aromatic rings. The van der Waals surface area contributed by atoms with Crippen LogP contribution in [0.2, 0.25) is 0 Å². The minimum Gasteiger partial charge on any atom is -0.206 e. The maximum atomic E-state index is 15.2. The number of halogens is 1. The van der Waals surface area contributed by atoms with Crippen molar-refractivity contribution in [2.45, 2.75) is 102 Å². The van der Waals surface area contributed by atoms with Crippen molar-refractivity contribution >= 4 is 5.57 Å². The molecular formula is C34H43F. The summed E-state index contributed by atoms with van der Waals surface area (Å²) < 4.78 is 15.2. The van der Waals surface area contributed by atoms with E-state index in [0.29, 0.717) is 17.8 Å². The van der Waals surface area contributed by atoms with E-state index in [0.717, 1.165) is 49.5 Å². The van der Waals surface area contributed by atoms with E-state index in [1.807, 2.05) is 6.07 Å². The molecule has 0 amide bonds. The second-order valence-corrected chi connectivity index (χ2v) is 11.6. The summed E-state index contributed by atoms with van der Waals surface area (Å²) in [6.07, 6.45) is 19.0. The Labute approximate surface area is 212 Å². The third-order valence-corrected chi connectivity index (χ3v) is 9.63. The van der Waals surface area contributed by atoms with E-state index >= 15 is 4.39 Å². The summed E-state index contributed by atoms with van der Waals surface area (Å²) in [6, 6.07) is 15.6. The van der Waals surface area contributed by atoms with Gasteiger partial charge in [0.1, 0.15) is 5.82 Å². The van der Waals surface area contributed by atoms with Crippen molar-refractivity contribution in [2.75, 3.05) is 0 Å². The lowest BCUT2D eigenvalue weighted by atomic mass is 9.77. The van der Waals surface area contributed by atoms with Gasteiger partial charge in [-0.2, -0.15) is 0 Å². The van der Waals surface area contributed by atoms with Crippen LogP contribution in [0.5, 0.6) is 0 Å². The number of hydrogen-bond donors (Lipinski definition) is 0. The standard InChI is InChI=1S/C34H43F/c1-3-24-5-9-26(10-6-24)27-13-15-28(16-14-27)29-17-19-31(20-18-29)33-22-21-32(23-34(33)35)30-11-7-25(4-2)8-12-30/h4,13-16,19,21-26,29-30H,2-3,5-12,17-18,20H2,1H3. The Hall–Kier alpha value is -2.15. The van der Waals surface area contributed by atoms with Crippen molar-refractivity contribution in [1.82, 2.24) is 0 Å². The Morgan fingerprint density at radius 2 is 1.37 bits per heavy atom. The van der Waals surface area contributed by atoms with Crippen LogP contribution in [0.15, 0.2) is 61.2 Å². The molecule has 1 unspecified atom stereocenters. The van der Waals surface area contributed by atoms with Crippen LogP contribution in [0.1, 0.15) is 124 Å². The molecule has 1 heteroatoms. The molecule has 0 aliphatic heterocycles. The van der Waals surface area contributed by atoms with Gasteiger partial charge in [0, 0.05) is 5.56 Å². The third-order valence-electron chi connectivity index (χ3n) is 9.63. The normalized spacial score (nSPS) is 29.4. The zero-order valence-electron chi connectivity index (χ0n) is 21.7. The van der Waals surface area contributed by atoms with Gasteiger partial charge >= 0.3 is 0 Å². The molecule has 2 aromatic carbocycles. The predicted molar refractivity (Wildman–Crippen MR) is 147 cm³/mol. The fourth-order valence-electron chi connectivity index (χ4n) is 7.06. The Morgan fingerprint density at radius 1 is 0.771 bits per heavy atom. The molecule has 1 atom stereocenters. The van der Waals surface area contributed by atoms with Gasteiger partial charge < -0.3 is 0 Å². The van der Waals surface area contributed by atoms with E-state index in [9.17, 15) is 0 Å². The first kappa shape index (κ1) is 24.5. The van der Waals surface area contributed by atoms with E-state index in [1.165, 1.54) is 67.2 Å². The van der Waals surface area contributed by atoms with Crippen LogP contribution in [0, 0.1) is 17.7 Å². The molecule has 2 fully saturated rings. The highest BCUT2D eigenvalue weighted by Gasteiger charge is 2.24. The van der Waals surface area contributed by atoms with Crippen LogP contribution < -0.4 is 0 Å². The smallest absolute Gasteiger partial charge is 0.130 e. The summed E-state index contributed by atoms with van der Waals surface area (Å²) in [6.45, 7) is 6.28. The summed E-state index contributed by atoms with van der Waals surface area (Å²) in [5, 5.41) is 0. The first-order valence-corrected chi connectivity index (χ1v) is 14.4. The molecule has 0 heterocycles. The largest absolute Gasteiger partial charge is 0.206 e. The average Bonchev–Trinajstić information content (AvgIpc) is 2.93. The van der Waals surface area contributed by atoms with Crippen molar-refractivity contribution in [3.63, 3.8) is 0 Å². The van der Waals surface area contributed by atoms with E-state index < -0.39 is 0 Å². The second kappa shape index (κ2) is 11.3. The summed E-state index contributed by atoms with van der Waals surface area (Å²) in [4.78, 5) is 0. The lowest BCUT2D eigenvalue weighted by Gasteiger charge is -2.29. The molecule has 0 aromatic heterocycles. The van der Waals surface area contributed by atoms with Crippen molar-refractivity contribution in [3.8, 4) is 0 Å². The van der Waals surface area contributed by atoms with Crippen LogP contribution >= 0.6 is 0 Å². The molecule has 0 spiro atoms. The van der Waals surface area contributed by atoms with Gasteiger partial charge in [0.05, 0.1) is 0 Å². The summed E-state index contributed by atoms with van der Waals surface area (Å²) in [7, 11) is 0. The fraction of sp³-hybridized carbons (Fsp3) is 0.529. The van der Waals surface area contributed by atoms with Gasteiger partial charge in [-0.3, -0.25) is 0 Å². The molecule has 5 rings (SSSR count). The molecule has 0 radical (unpaired) electrons. The molecule has 2 saturated carbocycles. The van der Waals surface area contributed by atoms with Crippen LogP contribution in [-0.2, 0) is 0 Å². The fourth-order valence-corrected chi connectivity index (χ4v) is 7.06. The van der Waals surface area contributed by atoms with E-state index in [-0.39, 0.29) is 5.82 Å². The highest BCUT2D eigenvalue weighted by molar-refractivity contribution is 5.67. The zero-order chi connectivity index (χ0) is 24.2. The predicted octanol–water partition coefficient (Wildman–Crippen LogP) is 10.3.